The van der Waals surface area contributed by atoms with E-state index in [0.29, 0.717) is 18.4 Å². The average Bonchev–Trinajstić information content (AvgIpc) is 3.13. The van der Waals surface area contributed by atoms with Gasteiger partial charge in [0.15, 0.2) is 0 Å². The molecule has 0 aromatic heterocycles. The minimum absolute atomic E-state index is 0.0997. The van der Waals surface area contributed by atoms with E-state index in [9.17, 15) is 4.39 Å². The minimum Gasteiger partial charge on any atom is -0.395 e. The summed E-state index contributed by atoms with van der Waals surface area (Å²) in [7, 11) is 0. The molecule has 0 amide bonds. The molecule has 2 aliphatic rings. The molecule has 0 spiro atoms. The predicted octanol–water partition coefficient (Wildman–Crippen LogP) is 2.60. The number of nitrogens with zero attached hydrogens (tertiary/aromatic N) is 1. The Labute approximate surface area is 165 Å². The molecular weight excluding hydrogens is 353 g/mol. The summed E-state index contributed by atoms with van der Waals surface area (Å²) in [5.41, 5.74) is 10.0. The first kappa shape index (κ1) is 19.1. The van der Waals surface area contributed by atoms with E-state index in [2.05, 4.69) is 39.7 Å². The van der Waals surface area contributed by atoms with Crippen molar-refractivity contribution in [2.75, 3.05) is 19.7 Å². The van der Waals surface area contributed by atoms with Crippen LogP contribution in [-0.2, 0) is 6.54 Å². The summed E-state index contributed by atoms with van der Waals surface area (Å²) in [6, 6.07) is 15.8. The number of halogens is 1. The highest BCUT2D eigenvalue weighted by Gasteiger charge is 2.40. The standard InChI is InChI=1S/C23H26FN3O/c24-20-6-3-5-19(14-20)23-21-16-27(12-11-22(21)25-26-23)15-18-9-7-17(8-10-18)4-1-2-13-28/h3,5-10,14,21-23,25-26,28H,2,11-13,15-16H2. The highest BCUT2D eigenvalue weighted by atomic mass is 19.1. The largest absolute Gasteiger partial charge is 0.395 e. The fraction of sp³-hybridized carbons (Fsp3) is 0.391. The number of fused-ring (bicyclic) bond motifs is 1. The van der Waals surface area contributed by atoms with Crippen LogP contribution in [0.5, 0.6) is 0 Å². The molecule has 3 N–H and O–H groups in total. The van der Waals surface area contributed by atoms with E-state index in [-0.39, 0.29) is 18.5 Å². The van der Waals surface area contributed by atoms with Crippen LogP contribution >= 0.6 is 0 Å². The number of aliphatic hydroxyl groups excluding tert-OH is 1. The Hall–Kier alpha value is -2.23. The fourth-order valence-corrected chi connectivity index (χ4v) is 4.22. The van der Waals surface area contributed by atoms with Gasteiger partial charge in [0.05, 0.1) is 12.6 Å². The molecule has 2 heterocycles. The Morgan fingerprint density at radius 2 is 2.00 bits per heavy atom. The summed E-state index contributed by atoms with van der Waals surface area (Å²) < 4.78 is 13.7. The zero-order chi connectivity index (χ0) is 19.3. The van der Waals surface area contributed by atoms with Crippen molar-refractivity contribution in [1.82, 2.24) is 15.8 Å². The van der Waals surface area contributed by atoms with Crippen LogP contribution < -0.4 is 10.9 Å². The summed E-state index contributed by atoms with van der Waals surface area (Å²) in [5, 5.41) is 8.80. The number of aliphatic hydroxyl groups is 1. The first-order valence-electron chi connectivity index (χ1n) is 9.90. The molecule has 2 aromatic rings. The normalized spacial score (nSPS) is 24.4. The number of benzene rings is 2. The second kappa shape index (κ2) is 8.85. The van der Waals surface area contributed by atoms with Crippen LogP contribution in [-0.4, -0.2) is 35.7 Å². The molecule has 0 aliphatic carbocycles. The number of hydrazine groups is 1. The Kier molecular flexibility index (Phi) is 6.04. The zero-order valence-corrected chi connectivity index (χ0v) is 15.9. The predicted molar refractivity (Wildman–Crippen MR) is 108 cm³/mol. The van der Waals surface area contributed by atoms with E-state index in [1.54, 1.807) is 12.1 Å². The SMILES string of the molecule is OCCC#Cc1ccc(CN2CCC3NNC(c4cccc(F)c4)C3C2)cc1. The summed E-state index contributed by atoms with van der Waals surface area (Å²) in [6.07, 6.45) is 1.58. The lowest BCUT2D eigenvalue weighted by Crippen LogP contribution is -2.45. The zero-order valence-electron chi connectivity index (χ0n) is 15.9. The van der Waals surface area contributed by atoms with Crippen molar-refractivity contribution in [1.29, 1.82) is 0 Å². The molecule has 4 rings (SSSR count). The van der Waals surface area contributed by atoms with Crippen LogP contribution in [0.25, 0.3) is 0 Å². The lowest BCUT2D eigenvalue weighted by molar-refractivity contribution is 0.148. The third-order valence-electron chi connectivity index (χ3n) is 5.63. The molecule has 2 aromatic carbocycles. The highest BCUT2D eigenvalue weighted by Crippen LogP contribution is 2.34. The number of rotatable bonds is 4. The Morgan fingerprint density at radius 1 is 1.14 bits per heavy atom. The smallest absolute Gasteiger partial charge is 0.123 e. The van der Waals surface area contributed by atoms with Crippen molar-refractivity contribution in [3.8, 4) is 11.8 Å². The summed E-state index contributed by atoms with van der Waals surface area (Å²) in [6.45, 7) is 3.03. The van der Waals surface area contributed by atoms with E-state index >= 15 is 0 Å². The highest BCUT2D eigenvalue weighted by molar-refractivity contribution is 5.36. The van der Waals surface area contributed by atoms with Gasteiger partial charge < -0.3 is 5.11 Å². The molecule has 0 saturated carbocycles. The van der Waals surface area contributed by atoms with Gasteiger partial charge in [0.25, 0.3) is 0 Å². The minimum atomic E-state index is -0.183. The average molecular weight is 379 g/mol. The summed E-state index contributed by atoms with van der Waals surface area (Å²) in [4.78, 5) is 2.48. The van der Waals surface area contributed by atoms with Crippen LogP contribution in [0.1, 0.15) is 35.6 Å². The molecule has 2 saturated heterocycles. The van der Waals surface area contributed by atoms with Crippen molar-refractivity contribution in [3.05, 3.63) is 71.0 Å². The van der Waals surface area contributed by atoms with Crippen LogP contribution in [0, 0.1) is 23.6 Å². The quantitative estimate of drug-likeness (QED) is 0.715. The molecular formula is C23H26FN3O. The van der Waals surface area contributed by atoms with Gasteiger partial charge in [0.2, 0.25) is 0 Å². The molecule has 5 heteroatoms. The fourth-order valence-electron chi connectivity index (χ4n) is 4.22. The second-order valence-corrected chi connectivity index (χ2v) is 7.59. The number of piperidine rings is 1. The maximum atomic E-state index is 13.7. The van der Waals surface area contributed by atoms with Gasteiger partial charge in [-0.1, -0.05) is 36.1 Å². The lowest BCUT2D eigenvalue weighted by atomic mass is 9.85. The van der Waals surface area contributed by atoms with Crippen molar-refractivity contribution >= 4 is 0 Å². The van der Waals surface area contributed by atoms with Gasteiger partial charge in [-0.2, -0.15) is 0 Å². The molecule has 3 atom stereocenters. The second-order valence-electron chi connectivity index (χ2n) is 7.59. The van der Waals surface area contributed by atoms with Gasteiger partial charge in [-0.15, -0.1) is 0 Å². The van der Waals surface area contributed by atoms with Crippen molar-refractivity contribution in [2.45, 2.75) is 31.5 Å². The van der Waals surface area contributed by atoms with E-state index in [0.717, 1.165) is 37.2 Å². The number of hydrogen-bond donors (Lipinski definition) is 3. The van der Waals surface area contributed by atoms with E-state index in [1.165, 1.54) is 11.6 Å². The molecule has 0 radical (unpaired) electrons. The van der Waals surface area contributed by atoms with Crippen molar-refractivity contribution in [3.63, 3.8) is 0 Å². The maximum Gasteiger partial charge on any atom is 0.123 e. The summed E-state index contributed by atoms with van der Waals surface area (Å²) >= 11 is 0. The molecule has 2 fully saturated rings. The van der Waals surface area contributed by atoms with Gasteiger partial charge in [0.1, 0.15) is 5.82 Å². The number of nitrogens with one attached hydrogen (secondary N) is 2. The van der Waals surface area contributed by atoms with Crippen LogP contribution in [0.2, 0.25) is 0 Å². The van der Waals surface area contributed by atoms with Gasteiger partial charge in [-0.25, -0.2) is 9.82 Å². The molecule has 28 heavy (non-hydrogen) atoms. The molecule has 146 valence electrons. The van der Waals surface area contributed by atoms with Crippen LogP contribution in [0.15, 0.2) is 48.5 Å². The Morgan fingerprint density at radius 3 is 2.79 bits per heavy atom. The molecule has 0 bridgehead atoms. The van der Waals surface area contributed by atoms with Gasteiger partial charge in [0, 0.05) is 43.6 Å². The Bertz CT molecular complexity index is 858. The van der Waals surface area contributed by atoms with Crippen molar-refractivity contribution in [2.24, 2.45) is 5.92 Å². The number of likely N-dealkylation sites (tertiary alicyclic amines) is 1. The first-order chi connectivity index (χ1) is 13.7. The van der Waals surface area contributed by atoms with E-state index < -0.39 is 0 Å². The van der Waals surface area contributed by atoms with E-state index in [4.69, 9.17) is 5.11 Å². The van der Waals surface area contributed by atoms with Gasteiger partial charge >= 0.3 is 0 Å². The van der Waals surface area contributed by atoms with Gasteiger partial charge in [-0.3, -0.25) is 10.3 Å². The van der Waals surface area contributed by atoms with Crippen LogP contribution in [0.3, 0.4) is 0 Å². The molecule has 4 nitrogen and oxygen atoms in total. The monoisotopic (exact) mass is 379 g/mol. The molecule has 3 unspecified atom stereocenters. The topological polar surface area (TPSA) is 47.5 Å². The van der Waals surface area contributed by atoms with Gasteiger partial charge in [-0.05, 0) is 41.8 Å². The van der Waals surface area contributed by atoms with Crippen molar-refractivity contribution < 1.29 is 9.50 Å². The first-order valence-corrected chi connectivity index (χ1v) is 9.90. The number of hydrogen-bond acceptors (Lipinski definition) is 4. The van der Waals surface area contributed by atoms with Crippen LogP contribution in [0.4, 0.5) is 4.39 Å². The maximum absolute atomic E-state index is 13.7. The lowest BCUT2D eigenvalue weighted by Gasteiger charge is -2.36. The molecule has 2 aliphatic heterocycles. The van der Waals surface area contributed by atoms with E-state index in [1.807, 2.05) is 18.2 Å². The third-order valence-corrected chi connectivity index (χ3v) is 5.63. The third kappa shape index (κ3) is 4.43. The Balaban J connectivity index is 1.40. The summed E-state index contributed by atoms with van der Waals surface area (Å²) in [5.74, 6) is 6.25.